The summed E-state index contributed by atoms with van der Waals surface area (Å²) in [6.07, 6.45) is 3.04. The zero-order valence-corrected chi connectivity index (χ0v) is 12.0. The van der Waals surface area contributed by atoms with E-state index in [2.05, 4.69) is 4.83 Å². The molecule has 0 atom stereocenters. The van der Waals surface area contributed by atoms with Crippen LogP contribution in [0.25, 0.3) is 0 Å². The minimum absolute atomic E-state index is 0.130. The van der Waals surface area contributed by atoms with Crippen molar-refractivity contribution in [1.29, 1.82) is 0 Å². The molecule has 0 amide bonds. The van der Waals surface area contributed by atoms with Crippen LogP contribution in [-0.4, -0.2) is 30.8 Å². The summed E-state index contributed by atoms with van der Waals surface area (Å²) < 4.78 is 30.8. The minimum atomic E-state index is -3.88. The molecule has 0 spiro atoms. The summed E-state index contributed by atoms with van der Waals surface area (Å²) >= 11 is 0. The van der Waals surface area contributed by atoms with E-state index >= 15 is 0 Å². The van der Waals surface area contributed by atoms with Crippen LogP contribution in [0.1, 0.15) is 17.3 Å². The molecular weight excluding hydrogens is 296 g/mol. The molecule has 0 fully saturated rings. The normalized spacial score (nSPS) is 11.1. The molecular formula is C13H14N2O5S. The number of aromatic nitrogens is 1. The van der Waals surface area contributed by atoms with Gasteiger partial charge in [-0.1, -0.05) is 0 Å². The Morgan fingerprint density at radius 1 is 1.33 bits per heavy atom. The first-order valence-electron chi connectivity index (χ1n) is 6.10. The van der Waals surface area contributed by atoms with E-state index in [9.17, 15) is 13.2 Å². The number of rotatable bonds is 6. The van der Waals surface area contributed by atoms with Gasteiger partial charge in [-0.15, -0.1) is 0 Å². The Morgan fingerprint density at radius 3 is 2.57 bits per heavy atom. The van der Waals surface area contributed by atoms with Gasteiger partial charge in [-0.3, -0.25) is 4.68 Å². The fourth-order valence-corrected chi connectivity index (χ4v) is 2.74. The van der Waals surface area contributed by atoms with Gasteiger partial charge in [0.2, 0.25) is 0 Å². The third kappa shape index (κ3) is 3.34. The second-order valence-corrected chi connectivity index (χ2v) is 5.74. The monoisotopic (exact) mass is 310 g/mol. The van der Waals surface area contributed by atoms with Crippen molar-refractivity contribution in [3.05, 3.63) is 48.3 Å². The molecule has 1 aromatic heterocycles. The smallest absolute Gasteiger partial charge is 0.339 e. The molecule has 7 nitrogen and oxygen atoms in total. The van der Waals surface area contributed by atoms with Crippen LogP contribution in [0.3, 0.4) is 0 Å². The molecule has 1 aromatic carbocycles. The SMILES string of the molecule is CCOc1ccc(S(=O)(=O)Nn2cccc2)cc1C(=O)O. The highest BCUT2D eigenvalue weighted by molar-refractivity contribution is 7.92. The Balaban J connectivity index is 2.39. The average molecular weight is 310 g/mol. The first-order valence-corrected chi connectivity index (χ1v) is 7.58. The van der Waals surface area contributed by atoms with E-state index in [0.29, 0.717) is 0 Å². The number of ether oxygens (including phenoxy) is 1. The number of aromatic carboxylic acids is 1. The van der Waals surface area contributed by atoms with Gasteiger partial charge < -0.3 is 9.84 Å². The highest BCUT2D eigenvalue weighted by atomic mass is 32.2. The first kappa shape index (κ1) is 14.9. The third-order valence-corrected chi connectivity index (χ3v) is 3.95. The second kappa shape index (κ2) is 5.88. The Kier molecular flexibility index (Phi) is 4.18. The molecule has 0 aliphatic heterocycles. The molecule has 0 saturated heterocycles. The van der Waals surface area contributed by atoms with Crippen LogP contribution in [0.15, 0.2) is 47.6 Å². The molecule has 0 aliphatic rings. The number of nitrogens with zero attached hydrogens (tertiary/aromatic N) is 1. The van der Waals surface area contributed by atoms with Crippen LogP contribution in [0.5, 0.6) is 5.75 Å². The quantitative estimate of drug-likeness (QED) is 0.843. The van der Waals surface area contributed by atoms with Gasteiger partial charge in [-0.2, -0.15) is 8.42 Å². The number of carboxylic acids is 1. The summed E-state index contributed by atoms with van der Waals surface area (Å²) in [7, 11) is -3.88. The van der Waals surface area contributed by atoms with Crippen LogP contribution in [0, 0.1) is 0 Å². The molecule has 2 N–H and O–H groups in total. The summed E-state index contributed by atoms with van der Waals surface area (Å²) in [5, 5.41) is 9.14. The van der Waals surface area contributed by atoms with Gasteiger partial charge in [-0.05, 0) is 37.3 Å². The zero-order valence-electron chi connectivity index (χ0n) is 11.2. The molecule has 1 heterocycles. The van der Waals surface area contributed by atoms with Gasteiger partial charge in [0.1, 0.15) is 11.3 Å². The van der Waals surface area contributed by atoms with Gasteiger partial charge in [0.15, 0.2) is 0 Å². The van der Waals surface area contributed by atoms with Crippen molar-refractivity contribution in [3.8, 4) is 5.75 Å². The first-order chi connectivity index (χ1) is 9.94. The van der Waals surface area contributed by atoms with Crippen LogP contribution in [-0.2, 0) is 10.0 Å². The van der Waals surface area contributed by atoms with Crippen LogP contribution < -0.4 is 9.57 Å². The Morgan fingerprint density at radius 2 is 2.00 bits per heavy atom. The highest BCUT2D eigenvalue weighted by Crippen LogP contribution is 2.23. The maximum atomic E-state index is 12.2. The summed E-state index contributed by atoms with van der Waals surface area (Å²) in [5.74, 6) is -1.12. The van der Waals surface area contributed by atoms with E-state index < -0.39 is 16.0 Å². The molecule has 8 heteroatoms. The van der Waals surface area contributed by atoms with Crippen molar-refractivity contribution in [2.24, 2.45) is 0 Å². The molecule has 0 unspecified atom stereocenters. The maximum absolute atomic E-state index is 12.2. The zero-order chi connectivity index (χ0) is 15.5. The lowest BCUT2D eigenvalue weighted by Crippen LogP contribution is -2.22. The number of hydrogen-bond acceptors (Lipinski definition) is 4. The second-order valence-electron chi connectivity index (χ2n) is 4.08. The fraction of sp³-hybridized carbons (Fsp3) is 0.154. The molecule has 0 aliphatic carbocycles. The maximum Gasteiger partial charge on any atom is 0.339 e. The number of nitrogens with one attached hydrogen (secondary N) is 1. The van der Waals surface area contributed by atoms with E-state index in [1.807, 2.05) is 0 Å². The molecule has 2 aromatic rings. The van der Waals surface area contributed by atoms with Gasteiger partial charge in [0, 0.05) is 12.4 Å². The summed E-state index contributed by atoms with van der Waals surface area (Å²) in [6.45, 7) is 2.00. The van der Waals surface area contributed by atoms with Crippen molar-refractivity contribution in [2.45, 2.75) is 11.8 Å². The topological polar surface area (TPSA) is 97.6 Å². The number of sulfonamides is 1. The number of carboxylic acid groups (broad SMARTS) is 1. The van der Waals surface area contributed by atoms with E-state index in [-0.39, 0.29) is 22.8 Å². The van der Waals surface area contributed by atoms with Crippen molar-refractivity contribution >= 4 is 16.0 Å². The minimum Gasteiger partial charge on any atom is -0.493 e. The predicted molar refractivity (Wildman–Crippen MR) is 75.5 cm³/mol. The van der Waals surface area contributed by atoms with Crippen LogP contribution in [0.2, 0.25) is 0 Å². The average Bonchev–Trinajstić information content (AvgIpc) is 2.91. The Bertz CT molecular complexity index is 738. The molecule has 0 bridgehead atoms. The van der Waals surface area contributed by atoms with Crippen molar-refractivity contribution in [1.82, 2.24) is 4.68 Å². The standard InChI is InChI=1S/C13H14N2O5S/c1-2-20-12-6-5-10(9-11(12)13(16)17)21(18,19)14-15-7-3-4-8-15/h3-9,14H,2H2,1H3,(H,16,17). The number of hydrogen-bond donors (Lipinski definition) is 2. The lowest BCUT2D eigenvalue weighted by atomic mass is 10.2. The van der Waals surface area contributed by atoms with Crippen molar-refractivity contribution < 1.29 is 23.1 Å². The van der Waals surface area contributed by atoms with E-state index in [4.69, 9.17) is 9.84 Å². The van der Waals surface area contributed by atoms with E-state index in [0.717, 1.165) is 6.07 Å². The van der Waals surface area contributed by atoms with Gasteiger partial charge >= 0.3 is 5.97 Å². The predicted octanol–water partition coefficient (Wildman–Crippen LogP) is 1.52. The molecule has 112 valence electrons. The Labute approximate surface area is 121 Å². The summed E-state index contributed by atoms with van der Waals surface area (Å²) in [5.41, 5.74) is -0.202. The molecule has 0 radical (unpaired) electrons. The number of carbonyl (C=O) groups is 1. The molecule has 2 rings (SSSR count). The van der Waals surface area contributed by atoms with Gasteiger partial charge in [0.05, 0.1) is 11.5 Å². The van der Waals surface area contributed by atoms with E-state index in [1.165, 1.54) is 29.2 Å². The van der Waals surface area contributed by atoms with Crippen LogP contribution in [0.4, 0.5) is 0 Å². The fourth-order valence-electron chi connectivity index (χ4n) is 1.71. The highest BCUT2D eigenvalue weighted by Gasteiger charge is 2.19. The lowest BCUT2D eigenvalue weighted by molar-refractivity contribution is 0.0692. The van der Waals surface area contributed by atoms with Crippen LogP contribution >= 0.6 is 0 Å². The largest absolute Gasteiger partial charge is 0.493 e. The lowest BCUT2D eigenvalue weighted by Gasteiger charge is -2.11. The van der Waals surface area contributed by atoms with Crippen molar-refractivity contribution in [2.75, 3.05) is 11.4 Å². The summed E-state index contributed by atoms with van der Waals surface area (Å²) in [6, 6.07) is 7.01. The Hall–Kier alpha value is -2.48. The van der Waals surface area contributed by atoms with Gasteiger partial charge in [0.25, 0.3) is 10.0 Å². The number of benzene rings is 1. The summed E-state index contributed by atoms with van der Waals surface area (Å²) in [4.78, 5) is 13.3. The third-order valence-electron chi connectivity index (χ3n) is 2.62. The molecule has 0 saturated carbocycles. The van der Waals surface area contributed by atoms with E-state index in [1.54, 1.807) is 19.1 Å². The van der Waals surface area contributed by atoms with Crippen molar-refractivity contribution in [3.63, 3.8) is 0 Å². The molecule has 21 heavy (non-hydrogen) atoms. The van der Waals surface area contributed by atoms with Gasteiger partial charge in [-0.25, -0.2) is 9.63 Å².